The van der Waals surface area contributed by atoms with Gasteiger partial charge in [0.1, 0.15) is 0 Å². The lowest BCUT2D eigenvalue weighted by molar-refractivity contribution is 0.599. The average molecular weight is 210 g/mol. The van der Waals surface area contributed by atoms with Gasteiger partial charge in [0, 0.05) is 25.7 Å². The van der Waals surface area contributed by atoms with Crippen molar-refractivity contribution < 1.29 is 4.39 Å². The molecule has 0 amide bonds. The molecule has 0 fully saturated rings. The number of rotatable bonds is 4. The minimum absolute atomic E-state index is 0.0492. The lowest BCUT2D eigenvalue weighted by Gasteiger charge is -2.25. The molecule has 0 spiro atoms. The molecule has 1 aromatic heterocycles. The third kappa shape index (κ3) is 2.90. The molecule has 1 rings (SSSR count). The fraction of sp³-hybridized carbons (Fsp3) is 0.400. The zero-order valence-corrected chi connectivity index (χ0v) is 8.87. The summed E-state index contributed by atoms with van der Waals surface area (Å²) in [6, 6.07) is 2.86. The summed E-state index contributed by atoms with van der Waals surface area (Å²) in [5, 5.41) is 7.17. The molecule has 82 valence electrons. The van der Waals surface area contributed by atoms with Crippen molar-refractivity contribution in [2.45, 2.75) is 19.4 Å². The van der Waals surface area contributed by atoms with Crippen LogP contribution in [0.4, 0.5) is 10.2 Å². The summed E-state index contributed by atoms with van der Waals surface area (Å²) in [6.45, 7) is 1.87. The Balaban J connectivity index is 2.80. The molecule has 4 nitrogen and oxygen atoms in total. The molecule has 0 radical (unpaired) electrons. The Kier molecular flexibility index (Phi) is 3.60. The van der Waals surface area contributed by atoms with Gasteiger partial charge in [0.05, 0.1) is 5.84 Å². The predicted octanol–water partition coefficient (Wildman–Crippen LogP) is 1.37. The molecule has 1 atom stereocenters. The number of nitrogens with zero attached hydrogens (tertiary/aromatic N) is 2. The van der Waals surface area contributed by atoms with Crippen molar-refractivity contribution in [1.29, 1.82) is 5.41 Å². The monoisotopic (exact) mass is 210 g/mol. The van der Waals surface area contributed by atoms with Gasteiger partial charge in [-0.25, -0.2) is 9.37 Å². The van der Waals surface area contributed by atoms with Crippen LogP contribution >= 0.6 is 0 Å². The van der Waals surface area contributed by atoms with Crippen LogP contribution < -0.4 is 10.6 Å². The van der Waals surface area contributed by atoms with E-state index in [1.807, 2.05) is 6.92 Å². The van der Waals surface area contributed by atoms with E-state index >= 15 is 0 Å². The van der Waals surface area contributed by atoms with Gasteiger partial charge in [-0.05, 0) is 19.1 Å². The molecule has 0 aliphatic carbocycles. The highest BCUT2D eigenvalue weighted by Crippen LogP contribution is 2.16. The van der Waals surface area contributed by atoms with Crippen LogP contribution in [0.1, 0.15) is 13.3 Å². The van der Waals surface area contributed by atoms with Crippen LogP contribution in [-0.4, -0.2) is 23.9 Å². The van der Waals surface area contributed by atoms with Crippen molar-refractivity contribution in [3.05, 3.63) is 24.1 Å². The van der Waals surface area contributed by atoms with E-state index in [0.29, 0.717) is 6.42 Å². The lowest BCUT2D eigenvalue weighted by Crippen LogP contribution is -2.33. The molecule has 0 saturated carbocycles. The van der Waals surface area contributed by atoms with Crippen LogP contribution in [-0.2, 0) is 0 Å². The molecule has 1 aromatic rings. The van der Waals surface area contributed by atoms with E-state index in [0.717, 1.165) is 0 Å². The quantitative estimate of drug-likeness (QED) is 0.582. The Hall–Kier alpha value is -1.65. The highest BCUT2D eigenvalue weighted by atomic mass is 19.1. The second-order valence-corrected chi connectivity index (χ2v) is 3.50. The number of pyridine rings is 1. The summed E-state index contributed by atoms with van der Waals surface area (Å²) in [5.41, 5.74) is 5.29. The maximum absolute atomic E-state index is 13.3. The van der Waals surface area contributed by atoms with Gasteiger partial charge in [-0.3, -0.25) is 5.41 Å². The summed E-state index contributed by atoms with van der Waals surface area (Å²) in [6.07, 6.45) is 1.93. The molecule has 1 unspecified atom stereocenters. The van der Waals surface area contributed by atoms with E-state index < -0.39 is 0 Å². The fourth-order valence-electron chi connectivity index (χ4n) is 1.30. The largest absolute Gasteiger partial charge is 0.388 e. The molecular weight excluding hydrogens is 195 g/mol. The van der Waals surface area contributed by atoms with Gasteiger partial charge < -0.3 is 10.6 Å². The first-order valence-corrected chi connectivity index (χ1v) is 4.68. The third-order valence-electron chi connectivity index (χ3n) is 2.25. The first-order valence-electron chi connectivity index (χ1n) is 4.68. The molecule has 0 bridgehead atoms. The van der Waals surface area contributed by atoms with E-state index in [1.165, 1.54) is 12.3 Å². The van der Waals surface area contributed by atoms with Crippen LogP contribution in [0.15, 0.2) is 18.3 Å². The maximum atomic E-state index is 13.3. The van der Waals surface area contributed by atoms with Gasteiger partial charge in [0.25, 0.3) is 0 Å². The minimum Gasteiger partial charge on any atom is -0.388 e. The zero-order valence-electron chi connectivity index (χ0n) is 8.87. The van der Waals surface area contributed by atoms with Gasteiger partial charge in [-0.15, -0.1) is 0 Å². The Bertz CT molecular complexity index is 353. The Labute approximate surface area is 88.4 Å². The lowest BCUT2D eigenvalue weighted by atomic mass is 10.2. The summed E-state index contributed by atoms with van der Waals surface area (Å²) in [7, 11) is 1.74. The van der Waals surface area contributed by atoms with Crippen molar-refractivity contribution in [1.82, 2.24) is 4.98 Å². The molecule has 0 aliphatic rings. The molecule has 3 N–H and O–H groups in total. The van der Waals surface area contributed by atoms with Crippen LogP contribution in [0.2, 0.25) is 0 Å². The highest BCUT2D eigenvalue weighted by molar-refractivity contribution is 5.77. The second kappa shape index (κ2) is 4.72. The number of hydrogen-bond donors (Lipinski definition) is 2. The minimum atomic E-state index is -0.365. The number of amidine groups is 1. The van der Waals surface area contributed by atoms with Crippen LogP contribution in [0.3, 0.4) is 0 Å². The van der Waals surface area contributed by atoms with E-state index in [2.05, 4.69) is 4.98 Å². The summed E-state index contributed by atoms with van der Waals surface area (Å²) in [5.74, 6) is 0.00680. The summed E-state index contributed by atoms with van der Waals surface area (Å²) in [4.78, 5) is 5.62. The van der Waals surface area contributed by atoms with Crippen molar-refractivity contribution >= 4 is 11.7 Å². The number of aromatic nitrogens is 1. The molecule has 0 aliphatic heterocycles. The number of halogens is 1. The van der Waals surface area contributed by atoms with Crippen LogP contribution in [0.25, 0.3) is 0 Å². The van der Waals surface area contributed by atoms with Gasteiger partial charge in [0.15, 0.2) is 11.6 Å². The number of anilines is 1. The van der Waals surface area contributed by atoms with Crippen molar-refractivity contribution in [2.75, 3.05) is 11.9 Å². The fourth-order valence-corrected chi connectivity index (χ4v) is 1.30. The third-order valence-corrected chi connectivity index (χ3v) is 2.25. The first-order chi connectivity index (χ1) is 7.02. The van der Waals surface area contributed by atoms with Crippen molar-refractivity contribution in [2.24, 2.45) is 5.73 Å². The van der Waals surface area contributed by atoms with Crippen LogP contribution in [0.5, 0.6) is 0 Å². The van der Waals surface area contributed by atoms with E-state index in [-0.39, 0.29) is 23.5 Å². The van der Waals surface area contributed by atoms with E-state index in [4.69, 9.17) is 11.1 Å². The smallest absolute Gasteiger partial charge is 0.165 e. The second-order valence-electron chi connectivity index (χ2n) is 3.50. The first kappa shape index (κ1) is 11.4. The average Bonchev–Trinajstić information content (AvgIpc) is 2.16. The van der Waals surface area contributed by atoms with E-state index in [9.17, 15) is 4.39 Å². The van der Waals surface area contributed by atoms with Gasteiger partial charge in [0.2, 0.25) is 0 Å². The van der Waals surface area contributed by atoms with Crippen LogP contribution in [0, 0.1) is 11.2 Å². The Morgan fingerprint density at radius 1 is 1.73 bits per heavy atom. The van der Waals surface area contributed by atoms with Crippen molar-refractivity contribution in [3.63, 3.8) is 0 Å². The molecule has 15 heavy (non-hydrogen) atoms. The van der Waals surface area contributed by atoms with E-state index in [1.54, 1.807) is 18.0 Å². The summed E-state index contributed by atoms with van der Waals surface area (Å²) >= 11 is 0. The van der Waals surface area contributed by atoms with Gasteiger partial charge in [-0.1, -0.05) is 0 Å². The van der Waals surface area contributed by atoms with Gasteiger partial charge in [-0.2, -0.15) is 0 Å². The molecule has 1 heterocycles. The maximum Gasteiger partial charge on any atom is 0.165 e. The number of hydrogen-bond acceptors (Lipinski definition) is 3. The Morgan fingerprint density at radius 2 is 2.40 bits per heavy atom. The predicted molar refractivity (Wildman–Crippen MR) is 58.6 cm³/mol. The highest BCUT2D eigenvalue weighted by Gasteiger charge is 2.15. The SMILES string of the molecule is CC(CC(=N)N)N(C)c1ncccc1F. The topological polar surface area (TPSA) is 66.0 Å². The number of nitrogens with one attached hydrogen (secondary N) is 1. The molecule has 5 heteroatoms. The standard InChI is InChI=1S/C10H15FN4/c1-7(6-9(12)13)15(2)10-8(11)4-3-5-14-10/h3-5,7H,6H2,1-2H3,(H3,12,13). The molecule has 0 aromatic carbocycles. The molecular formula is C10H15FN4. The van der Waals surface area contributed by atoms with Crippen molar-refractivity contribution in [3.8, 4) is 0 Å². The molecule has 0 saturated heterocycles. The normalized spacial score (nSPS) is 12.2. The number of nitrogens with two attached hydrogens (primary N) is 1. The summed E-state index contributed by atoms with van der Waals surface area (Å²) < 4.78 is 13.3. The van der Waals surface area contributed by atoms with Gasteiger partial charge >= 0.3 is 0 Å². The Morgan fingerprint density at radius 3 is 2.93 bits per heavy atom. The zero-order chi connectivity index (χ0) is 11.4.